The summed E-state index contributed by atoms with van der Waals surface area (Å²) in [5, 5.41) is 3.32. The van der Waals surface area contributed by atoms with Crippen LogP contribution in [0.4, 0.5) is 5.95 Å². The van der Waals surface area contributed by atoms with E-state index in [1.807, 2.05) is 0 Å². The van der Waals surface area contributed by atoms with E-state index in [2.05, 4.69) is 59.3 Å². The topological polar surface area (TPSA) is 64.1 Å². The maximum Gasteiger partial charge on any atom is 0.341 e. The van der Waals surface area contributed by atoms with E-state index in [9.17, 15) is 4.79 Å². The van der Waals surface area contributed by atoms with E-state index in [0.29, 0.717) is 18.1 Å². The number of nitrogens with zero attached hydrogens (tertiary/aromatic N) is 2. The second-order valence-corrected chi connectivity index (χ2v) is 7.01. The van der Waals surface area contributed by atoms with Crippen LogP contribution < -0.4 is 5.32 Å². The summed E-state index contributed by atoms with van der Waals surface area (Å²) in [7, 11) is 0. The second-order valence-electron chi connectivity index (χ2n) is 5.30. The third kappa shape index (κ3) is 3.72. The van der Waals surface area contributed by atoms with E-state index >= 15 is 0 Å². The van der Waals surface area contributed by atoms with Gasteiger partial charge in [0.1, 0.15) is 0 Å². The number of halogens is 2. The SMILES string of the molecule is CCOC(=O)c1cnc(NC2Cc3cc(Br)c(Br)cc3C2)nc1. The van der Waals surface area contributed by atoms with Gasteiger partial charge in [0.15, 0.2) is 0 Å². The van der Waals surface area contributed by atoms with Gasteiger partial charge >= 0.3 is 5.97 Å². The Morgan fingerprint density at radius 1 is 1.22 bits per heavy atom. The lowest BCUT2D eigenvalue weighted by Gasteiger charge is -2.11. The van der Waals surface area contributed by atoms with Crippen LogP contribution >= 0.6 is 31.9 Å². The van der Waals surface area contributed by atoms with Crippen LogP contribution in [-0.2, 0) is 17.6 Å². The summed E-state index contributed by atoms with van der Waals surface area (Å²) >= 11 is 7.07. The Kier molecular flexibility index (Phi) is 4.96. The molecule has 120 valence electrons. The molecule has 0 radical (unpaired) electrons. The highest BCUT2D eigenvalue weighted by molar-refractivity contribution is 9.13. The standard InChI is InChI=1S/C16H15Br2N3O2/c1-2-23-15(22)11-7-19-16(20-8-11)21-12-3-9-5-13(17)14(18)6-10(9)4-12/h5-8,12H,2-4H2,1H3,(H,19,20,21). The van der Waals surface area contributed by atoms with Gasteiger partial charge < -0.3 is 10.1 Å². The molecule has 1 aliphatic carbocycles. The van der Waals surface area contributed by atoms with Gasteiger partial charge in [-0.25, -0.2) is 14.8 Å². The molecule has 7 heteroatoms. The molecule has 0 atom stereocenters. The number of ether oxygens (including phenoxy) is 1. The molecular formula is C16H15Br2N3O2. The van der Waals surface area contributed by atoms with Crippen molar-refractivity contribution < 1.29 is 9.53 Å². The van der Waals surface area contributed by atoms with Crippen LogP contribution in [0.5, 0.6) is 0 Å². The molecule has 1 aromatic carbocycles. The first kappa shape index (κ1) is 16.4. The summed E-state index contributed by atoms with van der Waals surface area (Å²) in [6.07, 6.45) is 4.82. The minimum absolute atomic E-state index is 0.250. The number of hydrogen-bond donors (Lipinski definition) is 1. The number of hydrogen-bond acceptors (Lipinski definition) is 5. The van der Waals surface area contributed by atoms with Crippen LogP contribution in [0, 0.1) is 0 Å². The van der Waals surface area contributed by atoms with Gasteiger partial charge in [0.25, 0.3) is 0 Å². The number of nitrogens with one attached hydrogen (secondary N) is 1. The fourth-order valence-electron chi connectivity index (χ4n) is 2.62. The van der Waals surface area contributed by atoms with Gasteiger partial charge in [-0.05, 0) is 74.9 Å². The van der Waals surface area contributed by atoms with Gasteiger partial charge in [0, 0.05) is 27.4 Å². The van der Waals surface area contributed by atoms with E-state index in [0.717, 1.165) is 21.8 Å². The second kappa shape index (κ2) is 6.97. The predicted octanol–water partition coefficient (Wildman–Crippen LogP) is 3.76. The fraction of sp³-hybridized carbons (Fsp3) is 0.312. The van der Waals surface area contributed by atoms with Crippen LogP contribution in [0.3, 0.4) is 0 Å². The molecule has 0 unspecified atom stereocenters. The van der Waals surface area contributed by atoms with Crippen molar-refractivity contribution >= 4 is 43.8 Å². The van der Waals surface area contributed by atoms with Gasteiger partial charge in [-0.2, -0.15) is 0 Å². The molecule has 1 heterocycles. The molecule has 1 N–H and O–H groups in total. The van der Waals surface area contributed by atoms with Crippen LogP contribution in [0.25, 0.3) is 0 Å². The summed E-state index contributed by atoms with van der Waals surface area (Å²) in [6, 6.07) is 4.54. The average molecular weight is 441 g/mol. The first-order valence-electron chi connectivity index (χ1n) is 7.29. The minimum atomic E-state index is -0.401. The first-order valence-corrected chi connectivity index (χ1v) is 8.88. The lowest BCUT2D eigenvalue weighted by molar-refractivity contribution is 0.0525. The number of fused-ring (bicyclic) bond motifs is 1. The Labute approximate surface area is 151 Å². The lowest BCUT2D eigenvalue weighted by Crippen LogP contribution is -2.21. The Balaban J connectivity index is 1.66. The van der Waals surface area contributed by atoms with Crippen molar-refractivity contribution in [3.05, 3.63) is 50.2 Å². The lowest BCUT2D eigenvalue weighted by atomic mass is 10.1. The molecular weight excluding hydrogens is 426 g/mol. The van der Waals surface area contributed by atoms with E-state index in [1.54, 1.807) is 6.92 Å². The molecule has 3 rings (SSSR count). The largest absolute Gasteiger partial charge is 0.462 e. The molecule has 1 aliphatic rings. The van der Waals surface area contributed by atoms with Gasteiger partial charge in [-0.15, -0.1) is 0 Å². The Bertz CT molecular complexity index is 704. The zero-order chi connectivity index (χ0) is 16.4. The number of esters is 1. The van der Waals surface area contributed by atoms with Crippen molar-refractivity contribution in [2.45, 2.75) is 25.8 Å². The van der Waals surface area contributed by atoms with E-state index in [1.165, 1.54) is 23.5 Å². The molecule has 0 spiro atoms. The Morgan fingerprint density at radius 2 is 1.78 bits per heavy atom. The van der Waals surface area contributed by atoms with Gasteiger partial charge in [-0.3, -0.25) is 0 Å². The zero-order valence-corrected chi connectivity index (χ0v) is 15.6. The van der Waals surface area contributed by atoms with Gasteiger partial charge in [0.05, 0.1) is 12.2 Å². The monoisotopic (exact) mass is 439 g/mol. The van der Waals surface area contributed by atoms with Crippen molar-refractivity contribution in [3.63, 3.8) is 0 Å². The number of anilines is 1. The summed E-state index contributed by atoms with van der Waals surface area (Å²) in [4.78, 5) is 20.0. The zero-order valence-electron chi connectivity index (χ0n) is 12.5. The number of benzene rings is 1. The quantitative estimate of drug-likeness (QED) is 0.733. The van der Waals surface area contributed by atoms with Crippen LogP contribution in [0.15, 0.2) is 33.5 Å². The highest BCUT2D eigenvalue weighted by Crippen LogP contribution is 2.32. The molecule has 1 aromatic heterocycles. The molecule has 0 bridgehead atoms. The average Bonchev–Trinajstić information content (AvgIpc) is 2.90. The maximum atomic E-state index is 11.6. The highest BCUT2D eigenvalue weighted by atomic mass is 79.9. The van der Waals surface area contributed by atoms with Crippen molar-refractivity contribution in [1.82, 2.24) is 9.97 Å². The van der Waals surface area contributed by atoms with Crippen molar-refractivity contribution in [2.24, 2.45) is 0 Å². The number of rotatable bonds is 4. The molecule has 5 nitrogen and oxygen atoms in total. The molecule has 23 heavy (non-hydrogen) atoms. The summed E-state index contributed by atoms with van der Waals surface area (Å²) in [5.41, 5.74) is 3.00. The first-order chi connectivity index (χ1) is 11.1. The molecule has 0 saturated heterocycles. The molecule has 2 aromatic rings. The fourth-order valence-corrected chi connectivity index (χ4v) is 3.40. The van der Waals surface area contributed by atoms with Gasteiger partial charge in [0.2, 0.25) is 5.95 Å². The van der Waals surface area contributed by atoms with Crippen molar-refractivity contribution in [2.75, 3.05) is 11.9 Å². The van der Waals surface area contributed by atoms with E-state index in [-0.39, 0.29) is 6.04 Å². The Hall–Kier alpha value is -1.47. The van der Waals surface area contributed by atoms with Crippen LogP contribution in [0.2, 0.25) is 0 Å². The van der Waals surface area contributed by atoms with Crippen LogP contribution in [-0.4, -0.2) is 28.6 Å². The number of aromatic nitrogens is 2. The molecule has 0 saturated carbocycles. The highest BCUT2D eigenvalue weighted by Gasteiger charge is 2.23. The van der Waals surface area contributed by atoms with Crippen molar-refractivity contribution in [3.8, 4) is 0 Å². The third-order valence-electron chi connectivity index (χ3n) is 3.67. The molecule has 0 amide bonds. The molecule has 0 aliphatic heterocycles. The summed E-state index contributed by atoms with van der Waals surface area (Å²) in [6.45, 7) is 2.10. The number of carbonyl (C=O) groups excluding carboxylic acids is 1. The Morgan fingerprint density at radius 3 is 2.30 bits per heavy atom. The van der Waals surface area contributed by atoms with E-state index < -0.39 is 5.97 Å². The number of carbonyl (C=O) groups is 1. The van der Waals surface area contributed by atoms with Gasteiger partial charge in [-0.1, -0.05) is 0 Å². The summed E-state index contributed by atoms with van der Waals surface area (Å²) < 4.78 is 7.04. The normalized spacial score (nSPS) is 13.7. The summed E-state index contributed by atoms with van der Waals surface area (Å²) in [5.74, 6) is 0.121. The molecule has 0 fully saturated rings. The predicted molar refractivity (Wildman–Crippen MR) is 94.6 cm³/mol. The third-order valence-corrected chi connectivity index (χ3v) is 5.52. The van der Waals surface area contributed by atoms with Crippen molar-refractivity contribution in [1.29, 1.82) is 0 Å². The minimum Gasteiger partial charge on any atom is -0.462 e. The maximum absolute atomic E-state index is 11.6. The van der Waals surface area contributed by atoms with Crippen LogP contribution in [0.1, 0.15) is 28.4 Å². The van der Waals surface area contributed by atoms with E-state index in [4.69, 9.17) is 4.74 Å². The smallest absolute Gasteiger partial charge is 0.341 e.